The van der Waals surface area contributed by atoms with Crippen LogP contribution in [-0.4, -0.2) is 25.8 Å². The fourth-order valence-electron chi connectivity index (χ4n) is 3.85. The quantitative estimate of drug-likeness (QED) is 0.372. The van der Waals surface area contributed by atoms with Gasteiger partial charge in [0.1, 0.15) is 5.75 Å². The molecule has 0 radical (unpaired) electrons. The monoisotopic (exact) mass is 467 g/mol. The van der Waals surface area contributed by atoms with Crippen LogP contribution >= 0.6 is 23.2 Å². The van der Waals surface area contributed by atoms with E-state index in [2.05, 4.69) is 39.7 Å². The number of fused-ring (bicyclic) bond motifs is 1. The Morgan fingerprint density at radius 2 is 1.97 bits per heavy atom. The number of hydrogen-bond acceptors (Lipinski definition) is 4. The number of ether oxygens (including phenoxy) is 1. The second-order valence-corrected chi connectivity index (χ2v) is 8.37. The average Bonchev–Trinajstić information content (AvgIpc) is 2.81. The molecule has 7 heteroatoms. The number of halogens is 2. The van der Waals surface area contributed by atoms with Crippen molar-refractivity contribution in [3.63, 3.8) is 0 Å². The predicted molar refractivity (Wildman–Crippen MR) is 130 cm³/mol. The normalized spacial score (nSPS) is 13.2. The Morgan fingerprint density at radius 1 is 1.12 bits per heavy atom. The molecule has 1 aliphatic heterocycles. The molecule has 0 saturated carbocycles. The molecule has 0 spiro atoms. The van der Waals surface area contributed by atoms with Gasteiger partial charge in [-0.1, -0.05) is 41.4 Å². The number of rotatable bonds is 6. The molecule has 1 N–H and O–H groups in total. The Hall–Kier alpha value is -3.02. The molecule has 0 aromatic heterocycles. The lowest BCUT2D eigenvalue weighted by atomic mass is 10.0. The maximum Gasteiger partial charge on any atom is 0.271 e. The number of amides is 1. The van der Waals surface area contributed by atoms with Crippen LogP contribution in [0.15, 0.2) is 65.8 Å². The Morgan fingerprint density at radius 3 is 2.78 bits per heavy atom. The largest absolute Gasteiger partial charge is 0.496 e. The number of carbonyl (C=O) groups excluding carboxylic acids is 1. The van der Waals surface area contributed by atoms with Crippen molar-refractivity contribution in [3.8, 4) is 5.75 Å². The highest BCUT2D eigenvalue weighted by molar-refractivity contribution is 6.42. The van der Waals surface area contributed by atoms with Crippen LogP contribution in [0.2, 0.25) is 10.0 Å². The van der Waals surface area contributed by atoms with Gasteiger partial charge in [0.05, 0.1) is 23.4 Å². The topological polar surface area (TPSA) is 53.9 Å². The standard InChI is InChI=1S/C25H23Cl2N3O2/c1-32-24-11-8-17(15-28-29-25(31)19-9-10-21(26)22(27)14-19)13-20(24)16-30-12-4-6-18-5-2-3-7-23(18)30/h2-3,5,7-11,13-15H,4,6,12,16H2,1H3,(H,29,31)/b28-15-. The lowest BCUT2D eigenvalue weighted by Gasteiger charge is -2.31. The van der Waals surface area contributed by atoms with Gasteiger partial charge < -0.3 is 9.64 Å². The minimum absolute atomic E-state index is 0.322. The number of hydrazone groups is 1. The van der Waals surface area contributed by atoms with Crippen molar-refractivity contribution in [2.24, 2.45) is 5.10 Å². The van der Waals surface area contributed by atoms with Gasteiger partial charge in [0.15, 0.2) is 0 Å². The van der Waals surface area contributed by atoms with Crippen molar-refractivity contribution in [3.05, 3.63) is 93.0 Å². The summed E-state index contributed by atoms with van der Waals surface area (Å²) < 4.78 is 5.59. The van der Waals surface area contributed by atoms with Gasteiger partial charge in [-0.05, 0) is 66.4 Å². The molecule has 4 rings (SSSR count). The van der Waals surface area contributed by atoms with E-state index in [0.717, 1.165) is 42.8 Å². The highest BCUT2D eigenvalue weighted by Gasteiger charge is 2.18. The molecular weight excluding hydrogens is 445 g/mol. The zero-order valence-electron chi connectivity index (χ0n) is 17.6. The molecule has 0 unspecified atom stereocenters. The molecule has 5 nitrogen and oxygen atoms in total. The summed E-state index contributed by atoms with van der Waals surface area (Å²) in [6.07, 6.45) is 3.85. The molecule has 0 fully saturated rings. The molecule has 0 bridgehead atoms. The molecule has 1 amide bonds. The lowest BCUT2D eigenvalue weighted by Crippen LogP contribution is -2.29. The number of anilines is 1. The Bertz CT molecular complexity index is 1160. The van der Waals surface area contributed by atoms with Gasteiger partial charge in [0, 0.05) is 29.9 Å². The Labute approximate surface area is 197 Å². The molecule has 1 aliphatic rings. The number of nitrogens with zero attached hydrogens (tertiary/aromatic N) is 2. The first-order valence-electron chi connectivity index (χ1n) is 10.3. The molecule has 0 aliphatic carbocycles. The average molecular weight is 468 g/mol. The highest BCUT2D eigenvalue weighted by atomic mass is 35.5. The van der Waals surface area contributed by atoms with E-state index in [-0.39, 0.29) is 5.91 Å². The van der Waals surface area contributed by atoms with Gasteiger partial charge in [-0.15, -0.1) is 0 Å². The molecule has 3 aromatic carbocycles. The number of carbonyl (C=O) groups is 1. The maximum absolute atomic E-state index is 12.3. The van der Waals surface area contributed by atoms with Crippen molar-refractivity contribution in [1.82, 2.24) is 5.43 Å². The van der Waals surface area contributed by atoms with Crippen molar-refractivity contribution in [2.75, 3.05) is 18.6 Å². The summed E-state index contributed by atoms with van der Waals surface area (Å²) >= 11 is 11.9. The van der Waals surface area contributed by atoms with Crippen LogP contribution in [0.1, 0.15) is 33.5 Å². The van der Waals surface area contributed by atoms with Crippen LogP contribution in [0.5, 0.6) is 5.75 Å². The smallest absolute Gasteiger partial charge is 0.271 e. The first-order chi connectivity index (χ1) is 15.5. The number of methoxy groups -OCH3 is 1. The van der Waals surface area contributed by atoms with E-state index in [1.807, 2.05) is 18.2 Å². The van der Waals surface area contributed by atoms with Crippen LogP contribution in [-0.2, 0) is 13.0 Å². The van der Waals surface area contributed by atoms with Gasteiger partial charge in [-0.25, -0.2) is 5.43 Å². The van der Waals surface area contributed by atoms with Gasteiger partial charge in [-0.2, -0.15) is 5.10 Å². The van der Waals surface area contributed by atoms with E-state index in [4.69, 9.17) is 27.9 Å². The van der Waals surface area contributed by atoms with Crippen LogP contribution in [0.25, 0.3) is 0 Å². The summed E-state index contributed by atoms with van der Waals surface area (Å²) in [7, 11) is 1.67. The summed E-state index contributed by atoms with van der Waals surface area (Å²) in [6, 6.07) is 19.1. The van der Waals surface area contributed by atoms with Crippen molar-refractivity contribution < 1.29 is 9.53 Å². The third-order valence-corrected chi connectivity index (χ3v) is 6.17. The lowest BCUT2D eigenvalue weighted by molar-refractivity contribution is 0.0955. The van der Waals surface area contributed by atoms with E-state index in [1.54, 1.807) is 25.5 Å². The Balaban J connectivity index is 1.48. The first kappa shape index (κ1) is 22.2. The number of para-hydroxylation sites is 1. The molecule has 164 valence electrons. The van der Waals surface area contributed by atoms with E-state index >= 15 is 0 Å². The minimum Gasteiger partial charge on any atom is -0.496 e. The molecule has 32 heavy (non-hydrogen) atoms. The minimum atomic E-state index is -0.363. The second-order valence-electron chi connectivity index (χ2n) is 7.55. The summed E-state index contributed by atoms with van der Waals surface area (Å²) in [6.45, 7) is 1.73. The fraction of sp³-hybridized carbons (Fsp3) is 0.200. The van der Waals surface area contributed by atoms with Crippen molar-refractivity contribution in [1.29, 1.82) is 0 Å². The number of nitrogens with one attached hydrogen (secondary N) is 1. The second kappa shape index (κ2) is 10.1. The molecular formula is C25H23Cl2N3O2. The van der Waals surface area contributed by atoms with Gasteiger partial charge in [0.25, 0.3) is 5.91 Å². The van der Waals surface area contributed by atoms with Gasteiger partial charge in [0.2, 0.25) is 0 Å². The highest BCUT2D eigenvalue weighted by Crippen LogP contribution is 2.30. The third-order valence-electron chi connectivity index (χ3n) is 5.43. The van der Waals surface area contributed by atoms with Gasteiger partial charge >= 0.3 is 0 Å². The molecule has 1 heterocycles. The number of aryl methyl sites for hydroxylation is 1. The zero-order chi connectivity index (χ0) is 22.5. The van der Waals surface area contributed by atoms with Crippen LogP contribution < -0.4 is 15.1 Å². The summed E-state index contributed by atoms with van der Waals surface area (Å²) in [5.41, 5.74) is 7.48. The van der Waals surface area contributed by atoms with Crippen LogP contribution in [0, 0.1) is 0 Å². The van der Waals surface area contributed by atoms with E-state index in [0.29, 0.717) is 15.6 Å². The van der Waals surface area contributed by atoms with Gasteiger partial charge in [-0.3, -0.25) is 4.79 Å². The third kappa shape index (κ3) is 5.06. The van der Waals surface area contributed by atoms with Crippen molar-refractivity contribution in [2.45, 2.75) is 19.4 Å². The summed E-state index contributed by atoms with van der Waals surface area (Å²) in [5.74, 6) is 0.462. The first-order valence-corrected chi connectivity index (χ1v) is 11.1. The Kier molecular flexibility index (Phi) is 6.98. The SMILES string of the molecule is COc1ccc(/C=N\NC(=O)c2ccc(Cl)c(Cl)c2)cc1CN1CCCc2ccccc21. The summed E-state index contributed by atoms with van der Waals surface area (Å²) in [4.78, 5) is 14.7. The molecule has 0 saturated heterocycles. The molecule has 3 aromatic rings. The predicted octanol–water partition coefficient (Wildman–Crippen LogP) is 5.72. The zero-order valence-corrected chi connectivity index (χ0v) is 19.2. The fourth-order valence-corrected chi connectivity index (χ4v) is 4.15. The number of benzene rings is 3. The number of hydrogen-bond donors (Lipinski definition) is 1. The summed E-state index contributed by atoms with van der Waals surface area (Å²) in [5, 5.41) is 4.81. The van der Waals surface area contributed by atoms with E-state index in [9.17, 15) is 4.79 Å². The van der Waals surface area contributed by atoms with Crippen molar-refractivity contribution >= 4 is 41.0 Å². The van der Waals surface area contributed by atoms with E-state index in [1.165, 1.54) is 17.3 Å². The van der Waals surface area contributed by atoms with E-state index < -0.39 is 0 Å². The van der Waals surface area contributed by atoms with Crippen LogP contribution in [0.4, 0.5) is 5.69 Å². The van der Waals surface area contributed by atoms with Crippen LogP contribution in [0.3, 0.4) is 0 Å². The molecule has 0 atom stereocenters. The maximum atomic E-state index is 12.3.